The fraction of sp³-hybridized carbons (Fsp3) is 0.529. The minimum atomic E-state index is -4.60. The smallest absolute Gasteiger partial charge is 0.398 e. The van der Waals surface area contributed by atoms with Gasteiger partial charge in [0.05, 0.1) is 11.1 Å². The number of halogens is 3. The van der Waals surface area contributed by atoms with E-state index in [1.807, 2.05) is 0 Å². The van der Waals surface area contributed by atoms with Crippen LogP contribution in [0.25, 0.3) is 0 Å². The van der Waals surface area contributed by atoms with Gasteiger partial charge in [0, 0.05) is 5.69 Å². The van der Waals surface area contributed by atoms with Crippen LogP contribution >= 0.6 is 0 Å². The number of carbonyl (C=O) groups is 2. The molecule has 2 aliphatic rings. The highest BCUT2D eigenvalue weighted by Crippen LogP contribution is 2.32. The van der Waals surface area contributed by atoms with Crippen molar-refractivity contribution in [3.63, 3.8) is 0 Å². The van der Waals surface area contributed by atoms with Gasteiger partial charge in [-0.1, -0.05) is 0 Å². The number of nitrogens with zero attached hydrogens (tertiary/aromatic N) is 1. The summed E-state index contributed by atoms with van der Waals surface area (Å²) in [6.07, 6.45) is -2.89. The number of piperidine rings is 1. The predicted octanol–water partition coefficient (Wildman–Crippen LogP) is 1.51. The molecule has 1 aromatic carbocycles. The lowest BCUT2D eigenvalue weighted by Crippen LogP contribution is -2.57. The summed E-state index contributed by atoms with van der Waals surface area (Å²) >= 11 is 0. The van der Waals surface area contributed by atoms with Crippen molar-refractivity contribution in [1.82, 2.24) is 15.7 Å². The zero-order valence-corrected chi connectivity index (χ0v) is 14.5. The molecule has 1 atom stereocenters. The molecule has 1 aromatic rings. The predicted molar refractivity (Wildman–Crippen MR) is 90.1 cm³/mol. The monoisotopic (exact) mass is 386 g/mol. The summed E-state index contributed by atoms with van der Waals surface area (Å²) in [6, 6.07) is 2.59. The molecule has 2 aliphatic heterocycles. The van der Waals surface area contributed by atoms with E-state index in [1.165, 1.54) is 4.90 Å². The zero-order chi connectivity index (χ0) is 19.6. The van der Waals surface area contributed by atoms with Crippen LogP contribution in [0.4, 0.5) is 18.9 Å². The standard InChI is InChI=1S/C17H21F3N4O3/c18-17(19,20)11-1-2-13(21)12(8-11)16(26)24-9-15(25)27-23-14(24)7-10-3-5-22-6-4-10/h1-2,8,10,14,22-23H,3-7,9,21H2. The van der Waals surface area contributed by atoms with Crippen molar-refractivity contribution in [2.24, 2.45) is 5.92 Å². The van der Waals surface area contributed by atoms with Crippen molar-refractivity contribution in [3.8, 4) is 0 Å². The third-order valence-corrected chi connectivity index (χ3v) is 4.87. The molecule has 0 aromatic heterocycles. The normalized spacial score (nSPS) is 21.8. The van der Waals surface area contributed by atoms with E-state index in [1.54, 1.807) is 0 Å². The minimum Gasteiger partial charge on any atom is -0.398 e. The number of hydrogen-bond acceptors (Lipinski definition) is 6. The van der Waals surface area contributed by atoms with E-state index in [0.717, 1.165) is 44.1 Å². The van der Waals surface area contributed by atoms with Crippen molar-refractivity contribution in [1.29, 1.82) is 0 Å². The third-order valence-electron chi connectivity index (χ3n) is 4.87. The molecule has 2 saturated heterocycles. The number of hydrogen-bond donors (Lipinski definition) is 3. The molecule has 0 bridgehead atoms. The number of rotatable bonds is 3. The van der Waals surface area contributed by atoms with E-state index in [9.17, 15) is 22.8 Å². The molecule has 10 heteroatoms. The highest BCUT2D eigenvalue weighted by Gasteiger charge is 2.37. The molecule has 2 fully saturated rings. The number of amides is 1. The van der Waals surface area contributed by atoms with Gasteiger partial charge in [-0.15, -0.1) is 5.48 Å². The molecule has 0 saturated carbocycles. The Morgan fingerprint density at radius 2 is 2.00 bits per heavy atom. The molecule has 2 heterocycles. The van der Waals surface area contributed by atoms with E-state index >= 15 is 0 Å². The summed E-state index contributed by atoms with van der Waals surface area (Å²) in [5.41, 5.74) is 6.97. The molecule has 1 unspecified atom stereocenters. The number of anilines is 1. The summed E-state index contributed by atoms with van der Waals surface area (Å²) in [5, 5.41) is 3.24. The van der Waals surface area contributed by atoms with Crippen LogP contribution in [0.2, 0.25) is 0 Å². The van der Waals surface area contributed by atoms with Gasteiger partial charge in [0.25, 0.3) is 5.91 Å². The molecular formula is C17H21F3N4O3. The second-order valence-corrected chi connectivity index (χ2v) is 6.77. The molecule has 4 N–H and O–H groups in total. The molecule has 0 spiro atoms. The lowest BCUT2D eigenvalue weighted by atomic mass is 9.92. The first kappa shape index (κ1) is 19.4. The average molecular weight is 386 g/mol. The SMILES string of the molecule is Nc1ccc(C(F)(F)F)cc1C(=O)N1CC(=O)ONC1CC1CCNCC1. The van der Waals surface area contributed by atoms with Crippen LogP contribution < -0.4 is 16.5 Å². The minimum absolute atomic E-state index is 0.0763. The van der Waals surface area contributed by atoms with Gasteiger partial charge in [0.1, 0.15) is 12.7 Å². The van der Waals surface area contributed by atoms with Crippen molar-refractivity contribution in [2.75, 3.05) is 25.4 Å². The van der Waals surface area contributed by atoms with Crippen LogP contribution in [-0.2, 0) is 15.8 Å². The van der Waals surface area contributed by atoms with Crippen LogP contribution in [0.3, 0.4) is 0 Å². The average Bonchev–Trinajstić information content (AvgIpc) is 2.63. The van der Waals surface area contributed by atoms with Gasteiger partial charge in [-0.3, -0.25) is 4.79 Å². The molecule has 0 radical (unpaired) electrons. The van der Waals surface area contributed by atoms with Crippen molar-refractivity contribution < 1.29 is 27.6 Å². The molecule has 148 valence electrons. The Morgan fingerprint density at radius 3 is 2.67 bits per heavy atom. The molecule has 7 nitrogen and oxygen atoms in total. The molecule has 1 amide bonds. The Morgan fingerprint density at radius 1 is 1.30 bits per heavy atom. The van der Waals surface area contributed by atoms with Crippen molar-refractivity contribution >= 4 is 17.6 Å². The Hall–Kier alpha value is -2.33. The number of nitrogens with two attached hydrogens (primary N) is 1. The largest absolute Gasteiger partial charge is 0.416 e. The van der Waals surface area contributed by atoms with Crippen LogP contribution in [0.1, 0.15) is 35.2 Å². The Kier molecular flexibility index (Phi) is 5.56. The second-order valence-electron chi connectivity index (χ2n) is 6.77. The van der Waals surface area contributed by atoms with Crippen LogP contribution in [0.15, 0.2) is 18.2 Å². The van der Waals surface area contributed by atoms with Gasteiger partial charge in [-0.25, -0.2) is 4.79 Å². The highest BCUT2D eigenvalue weighted by atomic mass is 19.4. The number of carbonyl (C=O) groups excluding carboxylic acids is 2. The Bertz CT molecular complexity index is 720. The number of hydroxylamine groups is 1. The van der Waals surface area contributed by atoms with Gasteiger partial charge in [0.2, 0.25) is 0 Å². The number of alkyl halides is 3. The van der Waals surface area contributed by atoms with E-state index < -0.39 is 29.8 Å². The van der Waals surface area contributed by atoms with Crippen LogP contribution in [-0.4, -0.2) is 42.6 Å². The summed E-state index contributed by atoms with van der Waals surface area (Å²) in [4.78, 5) is 30.6. The van der Waals surface area contributed by atoms with Gasteiger partial charge >= 0.3 is 12.1 Å². The Balaban J connectivity index is 1.84. The maximum Gasteiger partial charge on any atom is 0.416 e. The number of nitrogen functional groups attached to an aromatic ring is 1. The fourth-order valence-electron chi connectivity index (χ4n) is 3.37. The van der Waals surface area contributed by atoms with Gasteiger partial charge < -0.3 is 20.8 Å². The fourth-order valence-corrected chi connectivity index (χ4v) is 3.37. The topological polar surface area (TPSA) is 96.7 Å². The quantitative estimate of drug-likeness (QED) is 0.682. The molecular weight excluding hydrogens is 365 g/mol. The first-order chi connectivity index (χ1) is 12.8. The lowest BCUT2D eigenvalue weighted by Gasteiger charge is -2.37. The second kappa shape index (κ2) is 7.73. The summed E-state index contributed by atoms with van der Waals surface area (Å²) < 4.78 is 39.0. The summed E-state index contributed by atoms with van der Waals surface area (Å²) in [6.45, 7) is 1.36. The third kappa shape index (κ3) is 4.51. The van der Waals surface area contributed by atoms with Crippen molar-refractivity contribution in [2.45, 2.75) is 31.6 Å². The lowest BCUT2D eigenvalue weighted by molar-refractivity contribution is -0.167. The maximum atomic E-state index is 13.0. The Labute approximate surface area is 154 Å². The highest BCUT2D eigenvalue weighted by molar-refractivity contribution is 6.01. The molecule has 27 heavy (non-hydrogen) atoms. The summed E-state index contributed by atoms with van der Waals surface area (Å²) in [7, 11) is 0. The van der Waals surface area contributed by atoms with Gasteiger partial charge in [-0.05, 0) is 56.5 Å². The van der Waals surface area contributed by atoms with Gasteiger partial charge in [-0.2, -0.15) is 13.2 Å². The van der Waals surface area contributed by atoms with E-state index in [4.69, 9.17) is 10.6 Å². The first-order valence-electron chi connectivity index (χ1n) is 8.69. The number of benzene rings is 1. The zero-order valence-electron chi connectivity index (χ0n) is 14.5. The molecule has 0 aliphatic carbocycles. The van der Waals surface area contributed by atoms with Crippen molar-refractivity contribution in [3.05, 3.63) is 29.3 Å². The van der Waals surface area contributed by atoms with Gasteiger partial charge in [0.15, 0.2) is 0 Å². The van der Waals surface area contributed by atoms with Crippen LogP contribution in [0, 0.1) is 5.92 Å². The van der Waals surface area contributed by atoms with E-state index in [0.29, 0.717) is 12.3 Å². The van der Waals surface area contributed by atoms with E-state index in [-0.39, 0.29) is 17.8 Å². The summed E-state index contributed by atoms with van der Waals surface area (Å²) in [5.74, 6) is -1.12. The molecule has 3 rings (SSSR count). The van der Waals surface area contributed by atoms with E-state index in [2.05, 4.69) is 10.8 Å². The number of nitrogens with one attached hydrogen (secondary N) is 2. The maximum absolute atomic E-state index is 13.0. The first-order valence-corrected chi connectivity index (χ1v) is 8.69. The van der Waals surface area contributed by atoms with Crippen LogP contribution in [0.5, 0.6) is 0 Å².